The van der Waals surface area contributed by atoms with Crippen molar-refractivity contribution in [2.75, 3.05) is 14.1 Å². The largest absolute Gasteiger partial charge is 2.00 e. The van der Waals surface area contributed by atoms with Crippen LogP contribution in [0.15, 0.2) is 39.4 Å². The molecule has 0 aromatic heterocycles. The fraction of sp³-hybridized carbons (Fsp3) is 0.250. The van der Waals surface area contributed by atoms with E-state index in [0.29, 0.717) is 0 Å². The first kappa shape index (κ1) is 20.5. The summed E-state index contributed by atoms with van der Waals surface area (Å²) in [6.45, 7) is 7.00. The topological polar surface area (TPSA) is 40.3 Å². The zero-order chi connectivity index (χ0) is 12.0. The number of hydrogen-bond donors (Lipinski definition) is 0. The van der Waals surface area contributed by atoms with Gasteiger partial charge in [0.25, 0.3) is 0 Å². The normalized spacial score (nSPS) is 10.5. The molecule has 0 atom stereocenters. The van der Waals surface area contributed by atoms with Crippen molar-refractivity contribution >= 4 is 24.5 Å². The van der Waals surface area contributed by atoms with Crippen LogP contribution in [-0.2, 0) is 18.6 Å². The molecule has 18 heavy (non-hydrogen) atoms. The number of hydrogen-bond acceptors (Lipinski definition) is 3. The average Bonchev–Trinajstić information content (AvgIpc) is 2.35. The molecule has 1 aromatic rings. The van der Waals surface area contributed by atoms with E-state index in [1.165, 1.54) is 5.01 Å². The Bertz CT molecular complexity index is 432. The summed E-state index contributed by atoms with van der Waals surface area (Å²) >= 11 is 0. The number of rotatable bonds is 4. The Kier molecular flexibility index (Phi) is 12.5. The molecule has 0 saturated heterocycles. The quantitative estimate of drug-likeness (QED) is 0.233. The van der Waals surface area contributed by atoms with Crippen molar-refractivity contribution in [2.45, 2.75) is 6.92 Å². The van der Waals surface area contributed by atoms with Crippen LogP contribution in [0.5, 0.6) is 0 Å². The summed E-state index contributed by atoms with van der Waals surface area (Å²) in [5.74, 6) is 0. The molecule has 4 nitrogen and oxygen atoms in total. The molecule has 0 saturated carbocycles. The molecule has 0 spiro atoms. The van der Waals surface area contributed by atoms with Gasteiger partial charge in [0.1, 0.15) is 0 Å². The second-order valence-corrected chi connectivity index (χ2v) is 3.18. The van der Waals surface area contributed by atoms with Gasteiger partial charge in [-0.3, -0.25) is 4.99 Å². The third-order valence-electron chi connectivity index (χ3n) is 2.12. The van der Waals surface area contributed by atoms with Crippen LogP contribution >= 0.6 is 0 Å². The summed E-state index contributed by atoms with van der Waals surface area (Å²) in [5.41, 5.74) is 2.69. The molecule has 0 amide bonds. The molecule has 0 N–H and O–H groups in total. The van der Waals surface area contributed by atoms with Gasteiger partial charge in [0.15, 0.2) is 0 Å². The molecule has 0 aliphatic carbocycles. The summed E-state index contributed by atoms with van der Waals surface area (Å²) in [7, 11) is 3.41. The molecule has 0 bridgehead atoms. The van der Waals surface area contributed by atoms with Crippen LogP contribution in [0.4, 0.5) is 5.69 Å². The van der Waals surface area contributed by atoms with Gasteiger partial charge in [0.2, 0.25) is 0 Å². The van der Waals surface area contributed by atoms with E-state index in [9.17, 15) is 0 Å². The van der Waals surface area contributed by atoms with Crippen LogP contribution in [0.25, 0.3) is 0 Å². The predicted molar refractivity (Wildman–Crippen MR) is 67.9 cm³/mol. The van der Waals surface area contributed by atoms with Gasteiger partial charge in [-0.2, -0.15) is 0 Å². The maximum Gasteiger partial charge on any atom is 2.00 e. The molecule has 1 radical (unpaired) electrons. The Hall–Kier alpha value is 0.134. The Balaban J connectivity index is 0. The van der Waals surface area contributed by atoms with E-state index >= 15 is 0 Å². The van der Waals surface area contributed by atoms with Crippen LogP contribution < -0.4 is 0 Å². The second kappa shape index (κ2) is 11.0. The van der Waals surface area contributed by atoms with Crippen molar-refractivity contribution in [1.29, 1.82) is 0 Å². The minimum atomic E-state index is 0. The standard InChI is InChI=1S/C12H14N4.V.Yb/c1-10(13-2)11-7-5-6-8-12(11)15-9-16(4)14-3;;/h3,5-8H,1-2,4H3;;/q-2;+2;. The Morgan fingerprint density at radius 3 is 2.50 bits per heavy atom. The third kappa shape index (κ3) is 6.34. The molecule has 1 rings (SSSR count). The third-order valence-corrected chi connectivity index (χ3v) is 2.12. The van der Waals surface area contributed by atoms with Crippen LogP contribution in [-0.4, -0.2) is 37.9 Å². The van der Waals surface area contributed by atoms with Gasteiger partial charge in [-0.15, -0.1) is 6.07 Å². The summed E-state index contributed by atoms with van der Waals surface area (Å²) in [6.07, 6.45) is 2.68. The first-order valence-corrected chi connectivity index (χ1v) is 4.82. The van der Waals surface area contributed by atoms with Crippen molar-refractivity contribution in [3.63, 3.8) is 0 Å². The van der Waals surface area contributed by atoms with Gasteiger partial charge in [-0.05, 0) is 6.92 Å². The Morgan fingerprint density at radius 2 is 1.94 bits per heavy atom. The zero-order valence-corrected chi connectivity index (χ0v) is 13.5. The van der Waals surface area contributed by atoms with Crippen molar-refractivity contribution in [3.05, 3.63) is 29.8 Å². The molecule has 0 fully saturated rings. The fourth-order valence-electron chi connectivity index (χ4n) is 1.15. The van der Waals surface area contributed by atoms with Gasteiger partial charge in [0.05, 0.1) is 0 Å². The monoisotopic (exact) mass is 439 g/mol. The molecule has 101 valence electrons. The van der Waals surface area contributed by atoms with Crippen molar-refractivity contribution in [1.82, 2.24) is 5.01 Å². The maximum atomic E-state index is 5.06. The van der Waals surface area contributed by atoms with Crippen molar-refractivity contribution in [2.24, 2.45) is 15.1 Å². The number of hydrazone groups is 1. The molecule has 0 unspecified atom stereocenters. The summed E-state index contributed by atoms with van der Waals surface area (Å²) in [4.78, 5) is 8.30. The second-order valence-electron chi connectivity index (χ2n) is 3.18. The summed E-state index contributed by atoms with van der Waals surface area (Å²) in [6, 6.07) is 7.70. The number of nitrogens with zero attached hydrogens (tertiary/aromatic N) is 4. The number of aliphatic imine (C=N–C) groups is 2. The maximum absolute atomic E-state index is 5.06. The smallest absolute Gasteiger partial charge is 0.432 e. The molecule has 6 heteroatoms. The van der Waals surface area contributed by atoms with Crippen LogP contribution in [0.2, 0.25) is 0 Å². The molecule has 0 aliphatic heterocycles. The molecule has 0 heterocycles. The minimum Gasteiger partial charge on any atom is -0.432 e. The van der Waals surface area contributed by atoms with Crippen LogP contribution in [0.3, 0.4) is 0 Å². The van der Waals surface area contributed by atoms with E-state index in [1.807, 2.05) is 31.2 Å². The number of para-hydroxylation sites is 1. The number of benzene rings is 1. The van der Waals surface area contributed by atoms with E-state index in [4.69, 9.17) is 6.72 Å². The minimum absolute atomic E-state index is 0. The van der Waals surface area contributed by atoms with E-state index in [2.05, 4.69) is 21.4 Å². The van der Waals surface area contributed by atoms with Crippen LogP contribution in [0, 0.1) is 46.9 Å². The summed E-state index contributed by atoms with van der Waals surface area (Å²) < 4.78 is 0. The average molecular weight is 438 g/mol. The van der Waals surface area contributed by atoms with Gasteiger partial charge in [-0.1, -0.05) is 35.8 Å². The predicted octanol–water partition coefficient (Wildman–Crippen LogP) is 2.08. The Labute approximate surface area is 159 Å². The molecular formula is C12H14N4VYb. The van der Waals surface area contributed by atoms with Gasteiger partial charge < -0.3 is 21.8 Å². The first-order chi connectivity index (χ1) is 7.69. The van der Waals surface area contributed by atoms with Crippen molar-refractivity contribution < 1.29 is 65.5 Å². The first-order valence-electron chi connectivity index (χ1n) is 4.82. The van der Waals surface area contributed by atoms with Crippen molar-refractivity contribution in [3.8, 4) is 0 Å². The zero-order valence-electron chi connectivity index (χ0n) is 10.4. The molecule has 0 aliphatic rings. The molecular weight excluding hydrogens is 424 g/mol. The fourth-order valence-corrected chi connectivity index (χ4v) is 1.15. The Morgan fingerprint density at radius 1 is 1.33 bits per heavy atom. The van der Waals surface area contributed by atoms with Gasteiger partial charge >= 0.3 is 18.6 Å². The van der Waals surface area contributed by atoms with E-state index in [0.717, 1.165) is 17.0 Å². The summed E-state index contributed by atoms with van der Waals surface area (Å²) in [5, 5.41) is 4.71. The van der Waals surface area contributed by atoms with E-state index in [1.54, 1.807) is 14.1 Å². The van der Waals surface area contributed by atoms with E-state index in [-0.39, 0.29) is 65.5 Å². The van der Waals surface area contributed by atoms with E-state index < -0.39 is 0 Å². The van der Waals surface area contributed by atoms with Gasteiger partial charge in [-0.25, -0.2) is 0 Å². The molecule has 1 aromatic carbocycles. The SMILES string of the molecule is [CH-]=NN(C)[C-]=Nc1ccccc1C(C)=NC.[V+2].[Yb]. The van der Waals surface area contributed by atoms with Crippen LogP contribution in [0.1, 0.15) is 12.5 Å². The van der Waals surface area contributed by atoms with Gasteiger partial charge in [0, 0.05) is 66.7 Å².